The van der Waals surface area contributed by atoms with Gasteiger partial charge in [0.25, 0.3) is 5.69 Å². The van der Waals surface area contributed by atoms with Gasteiger partial charge in [-0.05, 0) is 41.5 Å². The zero-order chi connectivity index (χ0) is 13.8. The number of amidine groups is 1. The van der Waals surface area contributed by atoms with E-state index < -0.39 is 4.92 Å². The molecule has 0 aromatic heterocycles. The molecule has 0 radical (unpaired) electrons. The number of rotatable bonds is 2. The molecule has 6 heteroatoms. The van der Waals surface area contributed by atoms with E-state index in [1.165, 1.54) is 25.0 Å². The highest BCUT2D eigenvalue weighted by molar-refractivity contribution is 14.1. The van der Waals surface area contributed by atoms with E-state index in [1.807, 2.05) is 11.0 Å². The molecule has 0 aliphatic carbocycles. The Morgan fingerprint density at radius 2 is 1.84 bits per heavy atom. The lowest BCUT2D eigenvalue weighted by Crippen LogP contribution is -2.31. The Morgan fingerprint density at radius 3 is 2.42 bits per heavy atom. The lowest BCUT2D eigenvalue weighted by atomic mass is 10.1. The third-order valence-corrected chi connectivity index (χ3v) is 3.91. The highest BCUT2D eigenvalue weighted by atomic mass is 127. The number of hydrogen-bond donors (Lipinski definition) is 1. The average molecular weight is 373 g/mol. The SMILES string of the molecule is N=C(c1cc(I)cc([N+](=O)[O-])c1)N1CCCCCC1. The third kappa shape index (κ3) is 3.65. The quantitative estimate of drug-likeness (QED) is 0.284. The van der Waals surface area contributed by atoms with E-state index in [-0.39, 0.29) is 5.69 Å². The van der Waals surface area contributed by atoms with Crippen LogP contribution in [0.3, 0.4) is 0 Å². The molecule has 5 nitrogen and oxygen atoms in total. The minimum Gasteiger partial charge on any atom is -0.357 e. The molecular formula is C13H16IN3O2. The van der Waals surface area contributed by atoms with Gasteiger partial charge in [0.1, 0.15) is 5.84 Å². The van der Waals surface area contributed by atoms with Gasteiger partial charge in [0.2, 0.25) is 0 Å². The van der Waals surface area contributed by atoms with Crippen molar-refractivity contribution in [3.8, 4) is 0 Å². The van der Waals surface area contributed by atoms with Gasteiger partial charge in [-0.25, -0.2) is 0 Å². The molecule has 1 fully saturated rings. The normalized spacial score (nSPS) is 15.9. The van der Waals surface area contributed by atoms with E-state index in [9.17, 15) is 10.1 Å². The summed E-state index contributed by atoms with van der Waals surface area (Å²) < 4.78 is 0.793. The first-order valence-corrected chi connectivity index (χ1v) is 7.44. The molecule has 0 saturated carbocycles. The first-order valence-electron chi connectivity index (χ1n) is 6.37. The summed E-state index contributed by atoms with van der Waals surface area (Å²) in [6.45, 7) is 1.75. The molecule has 2 rings (SSSR count). The van der Waals surface area contributed by atoms with Gasteiger partial charge in [0, 0.05) is 34.4 Å². The van der Waals surface area contributed by atoms with Crippen LogP contribution in [-0.2, 0) is 0 Å². The summed E-state index contributed by atoms with van der Waals surface area (Å²) in [6.07, 6.45) is 4.59. The molecule has 1 aliphatic heterocycles. The summed E-state index contributed by atoms with van der Waals surface area (Å²) in [6, 6.07) is 4.86. The Morgan fingerprint density at radius 1 is 1.21 bits per heavy atom. The van der Waals surface area contributed by atoms with Crippen LogP contribution < -0.4 is 0 Å². The second-order valence-electron chi connectivity index (χ2n) is 4.71. The number of hydrogen-bond acceptors (Lipinski definition) is 3. The zero-order valence-electron chi connectivity index (χ0n) is 10.6. The Bertz CT molecular complexity index is 497. The van der Waals surface area contributed by atoms with Gasteiger partial charge in [-0.3, -0.25) is 15.5 Å². The van der Waals surface area contributed by atoms with Crippen LogP contribution in [0.5, 0.6) is 0 Å². The van der Waals surface area contributed by atoms with Gasteiger partial charge >= 0.3 is 0 Å². The highest BCUT2D eigenvalue weighted by Crippen LogP contribution is 2.21. The largest absolute Gasteiger partial charge is 0.357 e. The van der Waals surface area contributed by atoms with E-state index in [2.05, 4.69) is 22.6 Å². The average Bonchev–Trinajstić information content (AvgIpc) is 2.65. The summed E-state index contributed by atoms with van der Waals surface area (Å²) in [4.78, 5) is 12.5. The van der Waals surface area contributed by atoms with Crippen molar-refractivity contribution in [2.45, 2.75) is 25.7 Å². The number of nitro groups is 1. The number of nitrogens with one attached hydrogen (secondary N) is 1. The Hall–Kier alpha value is -1.18. The molecule has 19 heavy (non-hydrogen) atoms. The Balaban J connectivity index is 2.24. The zero-order valence-corrected chi connectivity index (χ0v) is 12.7. The Labute approximate surface area is 125 Å². The maximum Gasteiger partial charge on any atom is 0.271 e. The summed E-state index contributed by atoms with van der Waals surface area (Å²) in [7, 11) is 0. The standard InChI is InChI=1S/C13H16IN3O2/c14-11-7-10(8-12(9-11)17(18)19)13(15)16-5-3-1-2-4-6-16/h7-9,15H,1-6H2. The van der Waals surface area contributed by atoms with Crippen LogP contribution in [0.15, 0.2) is 18.2 Å². The number of likely N-dealkylation sites (tertiary alicyclic amines) is 1. The van der Waals surface area contributed by atoms with Crippen LogP contribution in [0.1, 0.15) is 31.2 Å². The summed E-state index contributed by atoms with van der Waals surface area (Å²) >= 11 is 2.06. The van der Waals surface area contributed by atoms with Crippen molar-refractivity contribution in [1.82, 2.24) is 4.90 Å². The lowest BCUT2D eigenvalue weighted by molar-refractivity contribution is -0.385. The van der Waals surface area contributed by atoms with Gasteiger partial charge < -0.3 is 4.90 Å². The summed E-state index contributed by atoms with van der Waals surface area (Å²) in [5.74, 6) is 0.406. The molecule has 1 N–H and O–H groups in total. The summed E-state index contributed by atoms with van der Waals surface area (Å²) in [5, 5.41) is 19.1. The number of nitrogens with zero attached hydrogens (tertiary/aromatic N) is 2. The van der Waals surface area contributed by atoms with E-state index in [0.717, 1.165) is 29.5 Å². The maximum atomic E-state index is 10.9. The molecule has 1 saturated heterocycles. The predicted octanol–water partition coefficient (Wildman–Crippen LogP) is 3.40. The van der Waals surface area contributed by atoms with Gasteiger partial charge in [-0.15, -0.1) is 0 Å². The topological polar surface area (TPSA) is 70.2 Å². The van der Waals surface area contributed by atoms with Crippen molar-refractivity contribution in [2.24, 2.45) is 0 Å². The van der Waals surface area contributed by atoms with E-state index in [0.29, 0.717) is 11.4 Å². The van der Waals surface area contributed by atoms with Crippen molar-refractivity contribution < 1.29 is 4.92 Å². The molecule has 0 spiro atoms. The van der Waals surface area contributed by atoms with Crippen LogP contribution in [0, 0.1) is 19.1 Å². The fraction of sp³-hybridized carbons (Fsp3) is 0.462. The number of benzene rings is 1. The minimum absolute atomic E-state index is 0.0569. The second-order valence-corrected chi connectivity index (χ2v) is 5.95. The molecule has 0 amide bonds. The van der Waals surface area contributed by atoms with Crippen molar-refractivity contribution in [1.29, 1.82) is 5.41 Å². The maximum absolute atomic E-state index is 10.9. The van der Waals surface area contributed by atoms with E-state index in [1.54, 1.807) is 0 Å². The highest BCUT2D eigenvalue weighted by Gasteiger charge is 2.17. The molecule has 0 atom stereocenters. The minimum atomic E-state index is -0.401. The molecule has 1 heterocycles. The number of nitro benzene ring substituents is 1. The van der Waals surface area contributed by atoms with Crippen LogP contribution in [0.4, 0.5) is 5.69 Å². The van der Waals surface area contributed by atoms with E-state index in [4.69, 9.17) is 5.41 Å². The van der Waals surface area contributed by atoms with Crippen molar-refractivity contribution in [3.05, 3.63) is 37.4 Å². The Kier molecular flexibility index (Phi) is 4.73. The van der Waals surface area contributed by atoms with Crippen LogP contribution in [-0.4, -0.2) is 28.7 Å². The molecule has 1 aliphatic rings. The van der Waals surface area contributed by atoms with Gasteiger partial charge in [-0.1, -0.05) is 12.8 Å². The van der Waals surface area contributed by atoms with Crippen molar-refractivity contribution in [2.75, 3.05) is 13.1 Å². The first-order chi connectivity index (χ1) is 9.08. The van der Waals surface area contributed by atoms with E-state index >= 15 is 0 Å². The monoisotopic (exact) mass is 373 g/mol. The van der Waals surface area contributed by atoms with Crippen molar-refractivity contribution in [3.63, 3.8) is 0 Å². The molecule has 0 unspecified atom stereocenters. The van der Waals surface area contributed by atoms with Crippen LogP contribution in [0.2, 0.25) is 0 Å². The smallest absolute Gasteiger partial charge is 0.271 e. The second kappa shape index (κ2) is 6.31. The predicted molar refractivity (Wildman–Crippen MR) is 82.7 cm³/mol. The first kappa shape index (κ1) is 14.2. The van der Waals surface area contributed by atoms with Gasteiger partial charge in [0.15, 0.2) is 0 Å². The van der Waals surface area contributed by atoms with Crippen molar-refractivity contribution >= 4 is 34.1 Å². The molecular weight excluding hydrogens is 357 g/mol. The number of halogens is 1. The molecule has 102 valence electrons. The van der Waals surface area contributed by atoms with Gasteiger partial charge in [0.05, 0.1) is 4.92 Å². The fourth-order valence-corrected chi connectivity index (χ4v) is 2.95. The van der Waals surface area contributed by atoms with Crippen LogP contribution in [0.25, 0.3) is 0 Å². The molecule has 1 aromatic carbocycles. The summed E-state index contributed by atoms with van der Waals surface area (Å²) in [5.41, 5.74) is 0.696. The van der Waals surface area contributed by atoms with Crippen LogP contribution >= 0.6 is 22.6 Å². The molecule has 1 aromatic rings. The third-order valence-electron chi connectivity index (χ3n) is 3.29. The lowest BCUT2D eigenvalue weighted by Gasteiger charge is -2.23. The van der Waals surface area contributed by atoms with Gasteiger partial charge in [-0.2, -0.15) is 0 Å². The fourth-order valence-electron chi connectivity index (χ4n) is 2.29. The molecule has 0 bridgehead atoms. The number of non-ortho nitro benzene ring substituents is 1.